The molecule has 0 unspecified atom stereocenters. The second-order valence-corrected chi connectivity index (χ2v) is 15.0. The molecular weight excluding hydrogens is 258 g/mol. The fraction of sp³-hybridized carbons (Fsp3) is 0. The van der Waals surface area contributed by atoms with Gasteiger partial charge in [-0.3, -0.25) is 0 Å². The molecule has 0 aromatic heterocycles. The molecule has 0 fully saturated rings. The Morgan fingerprint density at radius 2 is 1.00 bits per heavy atom. The van der Waals surface area contributed by atoms with Gasteiger partial charge in [0.05, 0.1) is 0 Å². The van der Waals surface area contributed by atoms with Crippen LogP contribution in [-0.2, 0) is 0 Å². The second-order valence-electron chi connectivity index (χ2n) is 3.23. The predicted molar refractivity (Wildman–Crippen MR) is 63.7 cm³/mol. The Kier molecular flexibility index (Phi) is 4.49. The minimum atomic E-state index is -0.801. The Balaban J connectivity index is 2.30. The van der Waals surface area contributed by atoms with Crippen LogP contribution in [0.3, 0.4) is 0 Å². The first-order valence-corrected chi connectivity index (χ1v) is 15.7. The van der Waals surface area contributed by atoms with Gasteiger partial charge in [0.15, 0.2) is 0 Å². The van der Waals surface area contributed by atoms with Crippen molar-refractivity contribution in [3.05, 3.63) is 60.7 Å². The number of rotatable bonds is 2. The van der Waals surface area contributed by atoms with E-state index in [-0.39, 0.29) is 0 Å². The molecule has 0 spiro atoms. The Bertz CT molecular complexity index is 346. The first-order valence-electron chi connectivity index (χ1n) is 4.72. The van der Waals surface area contributed by atoms with Gasteiger partial charge >= 0.3 is 119 Å². The summed E-state index contributed by atoms with van der Waals surface area (Å²) in [5.41, 5.74) is 0. The van der Waals surface area contributed by atoms with Crippen molar-refractivity contribution in [1.82, 2.24) is 0 Å². The molecule has 2 heteroatoms. The molecule has 0 saturated carbocycles. The first-order chi connectivity index (χ1) is 6.88. The summed E-state index contributed by atoms with van der Waals surface area (Å²) in [6.07, 6.45) is 0. The van der Waals surface area contributed by atoms with Crippen LogP contribution in [0.15, 0.2) is 60.7 Å². The maximum atomic E-state index is 2.29. The van der Waals surface area contributed by atoms with Gasteiger partial charge in [-0.1, -0.05) is 0 Å². The average Bonchev–Trinajstić information content (AvgIpc) is 2.30. The Labute approximate surface area is 117 Å². The van der Waals surface area contributed by atoms with Gasteiger partial charge in [0.25, 0.3) is 0 Å². The van der Waals surface area contributed by atoms with Crippen LogP contribution >= 0.6 is 0 Å². The fourth-order valence-electron chi connectivity index (χ4n) is 1.45. The van der Waals surface area contributed by atoms with E-state index in [4.69, 9.17) is 0 Å². The van der Waals surface area contributed by atoms with E-state index in [0.717, 1.165) is 45.0 Å². The zero-order valence-corrected chi connectivity index (χ0v) is 13.2. The van der Waals surface area contributed by atoms with Gasteiger partial charge in [-0.05, 0) is 0 Å². The molecule has 0 N–H and O–H groups in total. The van der Waals surface area contributed by atoms with Gasteiger partial charge in [0, 0.05) is 0 Å². The molecule has 0 saturated heterocycles. The van der Waals surface area contributed by atoms with Crippen LogP contribution in [0.2, 0.25) is 0 Å². The minimum absolute atomic E-state index is 0.801. The third-order valence-electron chi connectivity index (χ3n) is 2.29. The van der Waals surface area contributed by atoms with Crippen LogP contribution in [-0.4, -0.2) is 50.1 Å². The number of hydrogen-bond acceptors (Lipinski definition) is 0. The van der Waals surface area contributed by atoms with Gasteiger partial charge in [0.2, 0.25) is 0 Å². The molecular formula is C12H10AsK. The van der Waals surface area contributed by atoms with E-state index >= 15 is 0 Å². The molecule has 0 heterocycles. The third-order valence-corrected chi connectivity index (χ3v) is 15.2. The van der Waals surface area contributed by atoms with Crippen LogP contribution in [0, 0.1) is 0 Å². The van der Waals surface area contributed by atoms with Crippen molar-refractivity contribution in [1.29, 1.82) is 0 Å². The van der Waals surface area contributed by atoms with Gasteiger partial charge in [-0.2, -0.15) is 0 Å². The van der Waals surface area contributed by atoms with Crippen molar-refractivity contribution in [2.45, 2.75) is 0 Å². The van der Waals surface area contributed by atoms with Crippen LogP contribution in [0.4, 0.5) is 0 Å². The summed E-state index contributed by atoms with van der Waals surface area (Å²) in [7, 11) is 0. The fourth-order valence-corrected chi connectivity index (χ4v) is 9.51. The van der Waals surface area contributed by atoms with Crippen molar-refractivity contribution < 1.29 is 0 Å². The summed E-state index contributed by atoms with van der Waals surface area (Å²) in [4.78, 5) is 0. The molecule has 0 aliphatic rings. The van der Waals surface area contributed by atoms with E-state index in [0.29, 0.717) is 0 Å². The molecule has 2 aromatic carbocycles. The van der Waals surface area contributed by atoms with Crippen molar-refractivity contribution >= 4 is 58.8 Å². The van der Waals surface area contributed by atoms with Crippen LogP contribution in [0.5, 0.6) is 0 Å². The monoisotopic (exact) mass is 268 g/mol. The molecule has 2 rings (SSSR count). The van der Waals surface area contributed by atoms with Gasteiger partial charge < -0.3 is 0 Å². The number of benzene rings is 2. The summed E-state index contributed by atoms with van der Waals surface area (Å²) >= 11 is 0.933. The molecule has 0 amide bonds. The normalized spacial score (nSPS) is 10.5. The van der Waals surface area contributed by atoms with Crippen LogP contribution < -0.4 is 8.70 Å². The summed E-state index contributed by atoms with van der Waals surface area (Å²) in [5, 5.41) is -0.801. The summed E-state index contributed by atoms with van der Waals surface area (Å²) in [6, 6.07) is 22.0. The van der Waals surface area contributed by atoms with E-state index in [1.807, 2.05) is 0 Å². The van der Waals surface area contributed by atoms with Crippen LogP contribution in [0.25, 0.3) is 0 Å². The molecule has 14 heavy (non-hydrogen) atoms. The Morgan fingerprint density at radius 1 is 0.643 bits per heavy atom. The Hall–Kier alpha value is 0.635. The van der Waals surface area contributed by atoms with E-state index in [9.17, 15) is 0 Å². The van der Waals surface area contributed by atoms with Crippen molar-refractivity contribution in [2.24, 2.45) is 0 Å². The van der Waals surface area contributed by atoms with Crippen LogP contribution in [0.1, 0.15) is 0 Å². The van der Waals surface area contributed by atoms with Crippen molar-refractivity contribution in [3.63, 3.8) is 0 Å². The number of hydrogen-bond donors (Lipinski definition) is 0. The quantitative estimate of drug-likeness (QED) is 0.712. The second kappa shape index (κ2) is 5.65. The zero-order chi connectivity index (χ0) is 9.80. The summed E-state index contributed by atoms with van der Waals surface area (Å²) in [6.45, 7) is 0. The standard InChI is InChI=1S/C12H10As.K/c1-3-7-11(8-4-1)13-12-9-5-2-6-10-12;/h1-10H;/q-1;+1. The average molecular weight is 268 g/mol. The van der Waals surface area contributed by atoms with E-state index in [2.05, 4.69) is 60.7 Å². The molecule has 2 aromatic rings. The predicted octanol–water partition coefficient (Wildman–Crippen LogP) is 0.961. The van der Waals surface area contributed by atoms with Gasteiger partial charge in [-0.15, -0.1) is 0 Å². The van der Waals surface area contributed by atoms with Gasteiger partial charge in [0.1, 0.15) is 0 Å². The molecule has 0 bridgehead atoms. The van der Waals surface area contributed by atoms with E-state index < -0.39 is 5.03 Å². The zero-order valence-electron chi connectivity index (χ0n) is 8.22. The van der Waals surface area contributed by atoms with E-state index in [1.165, 1.54) is 0 Å². The third kappa shape index (κ3) is 2.82. The molecule has 0 nitrogen and oxygen atoms in total. The Morgan fingerprint density at radius 3 is 1.36 bits per heavy atom. The molecule has 0 aliphatic heterocycles. The van der Waals surface area contributed by atoms with E-state index in [1.54, 1.807) is 8.70 Å². The molecule has 0 radical (unpaired) electrons. The van der Waals surface area contributed by atoms with Crippen molar-refractivity contribution in [2.75, 3.05) is 0 Å². The molecule has 0 atom stereocenters. The SMILES string of the molecule is [K][As](c1ccccc1)c1ccccc1. The summed E-state index contributed by atoms with van der Waals surface area (Å²) in [5.74, 6) is 0. The molecule has 0 aliphatic carbocycles. The maximum absolute atomic E-state index is 2.29. The first kappa shape index (κ1) is 11.1. The van der Waals surface area contributed by atoms with Gasteiger partial charge in [-0.25, -0.2) is 0 Å². The topological polar surface area (TPSA) is 0 Å². The summed E-state index contributed by atoms with van der Waals surface area (Å²) < 4.78 is 3.21. The van der Waals surface area contributed by atoms with Crippen molar-refractivity contribution in [3.8, 4) is 0 Å². The molecule has 64 valence electrons.